The van der Waals surface area contributed by atoms with Gasteiger partial charge in [-0.25, -0.2) is 14.8 Å². The van der Waals surface area contributed by atoms with Crippen LogP contribution in [-0.4, -0.2) is 27.6 Å². The number of aromatic carboxylic acids is 1. The van der Waals surface area contributed by atoms with Gasteiger partial charge in [-0.2, -0.15) is 0 Å². The van der Waals surface area contributed by atoms with E-state index in [1.807, 2.05) is 4.90 Å². The smallest absolute Gasteiger partial charge is 0.337 e. The molecule has 0 amide bonds. The monoisotopic (exact) mass is 339 g/mol. The zero-order valence-corrected chi connectivity index (χ0v) is 13.6. The molecule has 0 aliphatic heterocycles. The van der Waals surface area contributed by atoms with Gasteiger partial charge < -0.3 is 10.0 Å². The highest BCUT2D eigenvalue weighted by atomic mass is 35.5. The fourth-order valence-corrected chi connectivity index (χ4v) is 2.36. The van der Waals surface area contributed by atoms with Crippen LogP contribution in [0.2, 0.25) is 10.3 Å². The number of aromatic nitrogens is 2. The highest BCUT2D eigenvalue weighted by Gasteiger charge is 2.17. The van der Waals surface area contributed by atoms with Crippen LogP contribution in [0.25, 0.3) is 0 Å². The third kappa shape index (κ3) is 3.87. The second-order valence-corrected chi connectivity index (χ2v) is 5.90. The molecular formula is C15H15Cl2N3O2. The maximum atomic E-state index is 11.3. The van der Waals surface area contributed by atoms with E-state index in [-0.39, 0.29) is 15.9 Å². The fourth-order valence-electron chi connectivity index (χ4n) is 2.02. The van der Waals surface area contributed by atoms with Crippen LogP contribution in [0.3, 0.4) is 0 Å². The molecule has 0 fully saturated rings. The molecule has 2 rings (SSSR count). The number of benzene rings is 1. The molecule has 1 N–H and O–H groups in total. The molecule has 1 heterocycles. The van der Waals surface area contributed by atoms with Crippen molar-refractivity contribution in [2.45, 2.75) is 13.8 Å². The quantitative estimate of drug-likeness (QED) is 0.823. The van der Waals surface area contributed by atoms with Gasteiger partial charge in [0.1, 0.15) is 5.82 Å². The molecule has 1 aromatic heterocycles. The Bertz CT molecular complexity index is 692. The lowest BCUT2D eigenvalue weighted by Gasteiger charge is -2.26. The van der Waals surface area contributed by atoms with E-state index in [9.17, 15) is 9.90 Å². The number of halogens is 2. The van der Waals surface area contributed by atoms with Crippen LogP contribution < -0.4 is 4.90 Å². The van der Waals surface area contributed by atoms with E-state index < -0.39 is 5.97 Å². The van der Waals surface area contributed by atoms with Gasteiger partial charge in [0.05, 0.1) is 10.6 Å². The molecule has 0 atom stereocenters. The van der Waals surface area contributed by atoms with Crippen LogP contribution >= 0.6 is 23.2 Å². The molecule has 0 bridgehead atoms. The molecule has 5 nitrogen and oxygen atoms in total. The number of rotatable bonds is 5. The van der Waals surface area contributed by atoms with Crippen LogP contribution in [0, 0.1) is 5.92 Å². The van der Waals surface area contributed by atoms with Gasteiger partial charge >= 0.3 is 5.97 Å². The number of carboxylic acids is 1. The first-order chi connectivity index (χ1) is 10.4. The highest BCUT2D eigenvalue weighted by Crippen LogP contribution is 2.29. The van der Waals surface area contributed by atoms with E-state index in [0.29, 0.717) is 24.0 Å². The van der Waals surface area contributed by atoms with Gasteiger partial charge in [0.2, 0.25) is 5.28 Å². The van der Waals surface area contributed by atoms with E-state index >= 15 is 0 Å². The highest BCUT2D eigenvalue weighted by molar-refractivity contribution is 6.33. The molecule has 22 heavy (non-hydrogen) atoms. The fraction of sp³-hybridized carbons (Fsp3) is 0.267. The van der Waals surface area contributed by atoms with Gasteiger partial charge in [-0.1, -0.05) is 25.4 Å². The third-order valence-corrected chi connectivity index (χ3v) is 3.44. The summed E-state index contributed by atoms with van der Waals surface area (Å²) in [7, 11) is 0. The lowest BCUT2D eigenvalue weighted by molar-refractivity contribution is 0.0697. The average molecular weight is 340 g/mol. The molecule has 0 unspecified atom stereocenters. The van der Waals surface area contributed by atoms with Gasteiger partial charge in [-0.05, 0) is 41.8 Å². The molecule has 0 aliphatic carbocycles. The Kier molecular flexibility index (Phi) is 5.21. The summed E-state index contributed by atoms with van der Waals surface area (Å²) in [6.07, 6.45) is 1.56. The molecule has 0 radical (unpaired) electrons. The van der Waals surface area contributed by atoms with Gasteiger partial charge in [0.15, 0.2) is 0 Å². The van der Waals surface area contributed by atoms with Crippen LogP contribution in [0.5, 0.6) is 0 Å². The first kappa shape index (κ1) is 16.5. The molecule has 116 valence electrons. The van der Waals surface area contributed by atoms with Crippen molar-refractivity contribution in [1.82, 2.24) is 9.97 Å². The van der Waals surface area contributed by atoms with Crippen molar-refractivity contribution in [3.63, 3.8) is 0 Å². The maximum absolute atomic E-state index is 11.3. The summed E-state index contributed by atoms with van der Waals surface area (Å²) in [5, 5.41) is 9.55. The second-order valence-electron chi connectivity index (χ2n) is 5.16. The number of nitrogens with zero attached hydrogens (tertiary/aromatic N) is 3. The number of carboxylic acid groups (broad SMARTS) is 1. The normalized spacial score (nSPS) is 10.8. The standard InChI is InChI=1S/C15H15Cl2N3O2/c1-9(2)8-20(13-5-6-18-15(17)19-13)10-3-4-12(16)11(7-10)14(21)22/h3-7,9H,8H2,1-2H3,(H,21,22). The Morgan fingerprint density at radius 3 is 2.64 bits per heavy atom. The summed E-state index contributed by atoms with van der Waals surface area (Å²) >= 11 is 11.8. The number of hydrogen-bond donors (Lipinski definition) is 1. The first-order valence-corrected chi connectivity index (χ1v) is 7.43. The summed E-state index contributed by atoms with van der Waals surface area (Å²) in [6.45, 7) is 4.77. The van der Waals surface area contributed by atoms with Gasteiger partial charge in [-0.15, -0.1) is 0 Å². The Morgan fingerprint density at radius 1 is 1.32 bits per heavy atom. The van der Waals surface area contributed by atoms with Crippen molar-refractivity contribution < 1.29 is 9.90 Å². The molecule has 7 heteroatoms. The minimum atomic E-state index is -1.07. The molecule has 0 saturated heterocycles. The van der Waals surface area contributed by atoms with E-state index in [4.69, 9.17) is 23.2 Å². The largest absolute Gasteiger partial charge is 0.478 e. The Labute approximate surface area is 138 Å². The molecular weight excluding hydrogens is 325 g/mol. The second kappa shape index (κ2) is 6.94. The summed E-state index contributed by atoms with van der Waals surface area (Å²) in [5.41, 5.74) is 0.735. The van der Waals surface area contributed by atoms with Crippen molar-refractivity contribution in [2.75, 3.05) is 11.4 Å². The lowest BCUT2D eigenvalue weighted by Crippen LogP contribution is -2.23. The lowest BCUT2D eigenvalue weighted by atomic mass is 10.1. The maximum Gasteiger partial charge on any atom is 0.337 e. The summed E-state index contributed by atoms with van der Waals surface area (Å²) in [4.78, 5) is 21.2. The molecule has 1 aromatic carbocycles. The van der Waals surface area contributed by atoms with Crippen molar-refractivity contribution >= 4 is 40.7 Å². The first-order valence-electron chi connectivity index (χ1n) is 6.67. The molecule has 0 aliphatic rings. The zero-order chi connectivity index (χ0) is 16.3. The number of anilines is 2. The number of carbonyl (C=O) groups is 1. The van der Waals surface area contributed by atoms with Crippen molar-refractivity contribution in [3.05, 3.63) is 46.3 Å². The van der Waals surface area contributed by atoms with Crippen molar-refractivity contribution in [3.8, 4) is 0 Å². The minimum Gasteiger partial charge on any atom is -0.478 e. The van der Waals surface area contributed by atoms with Crippen LogP contribution in [0.15, 0.2) is 30.5 Å². The molecule has 0 saturated carbocycles. The van der Waals surface area contributed by atoms with Crippen LogP contribution in [-0.2, 0) is 0 Å². The summed E-state index contributed by atoms with van der Waals surface area (Å²) in [6, 6.07) is 6.58. The summed E-state index contributed by atoms with van der Waals surface area (Å²) < 4.78 is 0. The van der Waals surface area contributed by atoms with E-state index in [2.05, 4.69) is 23.8 Å². The Hall–Kier alpha value is -1.85. The van der Waals surface area contributed by atoms with E-state index in [0.717, 1.165) is 0 Å². The van der Waals surface area contributed by atoms with Gasteiger partial charge in [-0.3, -0.25) is 0 Å². The summed E-state index contributed by atoms with van der Waals surface area (Å²) in [5.74, 6) is -0.137. The topological polar surface area (TPSA) is 66.3 Å². The van der Waals surface area contributed by atoms with Crippen molar-refractivity contribution in [1.29, 1.82) is 0 Å². The Morgan fingerprint density at radius 2 is 2.05 bits per heavy atom. The average Bonchev–Trinajstić information content (AvgIpc) is 2.45. The third-order valence-electron chi connectivity index (χ3n) is 2.93. The van der Waals surface area contributed by atoms with Crippen LogP contribution in [0.1, 0.15) is 24.2 Å². The van der Waals surface area contributed by atoms with Crippen LogP contribution in [0.4, 0.5) is 11.5 Å². The predicted octanol–water partition coefficient (Wildman–Crippen LogP) is 4.28. The Balaban J connectivity index is 2.50. The van der Waals surface area contributed by atoms with E-state index in [1.54, 1.807) is 24.4 Å². The minimum absolute atomic E-state index is 0.0491. The SMILES string of the molecule is CC(C)CN(c1ccc(Cl)c(C(=O)O)c1)c1ccnc(Cl)n1. The number of hydrogen-bond acceptors (Lipinski definition) is 4. The molecule has 0 spiro atoms. The van der Waals surface area contributed by atoms with Crippen molar-refractivity contribution in [2.24, 2.45) is 5.92 Å². The zero-order valence-electron chi connectivity index (χ0n) is 12.1. The van der Waals surface area contributed by atoms with Gasteiger partial charge in [0, 0.05) is 18.4 Å². The van der Waals surface area contributed by atoms with Gasteiger partial charge in [0.25, 0.3) is 0 Å². The molecule has 2 aromatic rings. The van der Waals surface area contributed by atoms with E-state index in [1.165, 1.54) is 6.07 Å². The predicted molar refractivity (Wildman–Crippen MR) is 87.3 cm³/mol.